The molecule has 1 atom stereocenters. The summed E-state index contributed by atoms with van der Waals surface area (Å²) in [5, 5.41) is 1.33. The molecule has 2 aliphatic rings. The summed E-state index contributed by atoms with van der Waals surface area (Å²) >= 11 is 0. The van der Waals surface area contributed by atoms with E-state index in [9.17, 15) is 4.39 Å². The standard InChI is InChI=1S/C26H31FN4O4/c1-30-10-5-7-18(30)15-34-26-28-22-14-31(11-9-20(22)25(29-26)33-3)23-13-19(35-16-32-2)12-17-6-4-8-21(27)24(17)23/h4,6,8,12-13,18H,5,7,9-11,14-16H2,1-3H3/t18-/m0/s1. The molecule has 0 unspecified atom stereocenters. The largest absolute Gasteiger partial charge is 0.481 e. The van der Waals surface area contributed by atoms with Gasteiger partial charge in [0.25, 0.3) is 0 Å². The van der Waals surface area contributed by atoms with Crippen LogP contribution in [0.3, 0.4) is 0 Å². The highest BCUT2D eigenvalue weighted by atomic mass is 19.1. The van der Waals surface area contributed by atoms with Gasteiger partial charge in [0.1, 0.15) is 18.2 Å². The van der Waals surface area contributed by atoms with Crippen molar-refractivity contribution in [1.29, 1.82) is 0 Å². The number of benzene rings is 2. The van der Waals surface area contributed by atoms with Crippen LogP contribution in [-0.2, 0) is 17.7 Å². The molecule has 0 aliphatic carbocycles. The maximum absolute atomic E-state index is 15.0. The Hall–Kier alpha value is -3.17. The van der Waals surface area contributed by atoms with Gasteiger partial charge < -0.3 is 28.7 Å². The summed E-state index contributed by atoms with van der Waals surface area (Å²) in [5.41, 5.74) is 2.54. The van der Waals surface area contributed by atoms with Crippen molar-refractivity contribution >= 4 is 16.5 Å². The molecule has 0 N–H and O–H groups in total. The lowest BCUT2D eigenvalue weighted by molar-refractivity contribution is 0.0512. The second-order valence-electron chi connectivity index (χ2n) is 9.03. The van der Waals surface area contributed by atoms with Gasteiger partial charge >= 0.3 is 6.01 Å². The Morgan fingerprint density at radius 2 is 2.00 bits per heavy atom. The molecule has 186 valence electrons. The first-order valence-electron chi connectivity index (χ1n) is 11.9. The SMILES string of the molecule is COCOc1cc(N2CCc3c(nc(OC[C@@H]4CCCN4C)nc3OC)C2)c2c(F)cccc2c1. The van der Waals surface area contributed by atoms with Crippen LogP contribution in [0.25, 0.3) is 10.8 Å². The van der Waals surface area contributed by atoms with Crippen molar-refractivity contribution in [2.45, 2.75) is 31.8 Å². The number of likely N-dealkylation sites (N-methyl/N-ethyl adjacent to an activating group) is 1. The minimum absolute atomic E-state index is 0.115. The Morgan fingerprint density at radius 1 is 1.11 bits per heavy atom. The van der Waals surface area contributed by atoms with E-state index in [0.29, 0.717) is 55.2 Å². The van der Waals surface area contributed by atoms with Crippen LogP contribution in [0.1, 0.15) is 24.1 Å². The van der Waals surface area contributed by atoms with Crippen molar-refractivity contribution in [3.8, 4) is 17.6 Å². The number of ether oxygens (including phenoxy) is 4. The third-order valence-corrected chi connectivity index (χ3v) is 6.84. The van der Waals surface area contributed by atoms with Gasteiger partial charge in [-0.1, -0.05) is 12.1 Å². The van der Waals surface area contributed by atoms with Crippen LogP contribution in [0.4, 0.5) is 10.1 Å². The number of likely N-dealkylation sites (tertiary alicyclic amines) is 1. The zero-order valence-corrected chi connectivity index (χ0v) is 20.4. The second kappa shape index (κ2) is 10.2. The molecule has 0 amide bonds. The molecule has 8 nitrogen and oxygen atoms in total. The normalized spacial score (nSPS) is 18.1. The number of hydrogen-bond acceptors (Lipinski definition) is 8. The van der Waals surface area contributed by atoms with Crippen LogP contribution in [-0.4, -0.2) is 68.7 Å². The fourth-order valence-corrected chi connectivity index (χ4v) is 4.97. The van der Waals surface area contributed by atoms with Gasteiger partial charge in [-0.25, -0.2) is 4.39 Å². The Bertz CT molecular complexity index is 1210. The lowest BCUT2D eigenvalue weighted by Gasteiger charge is -2.32. The third-order valence-electron chi connectivity index (χ3n) is 6.84. The summed E-state index contributed by atoms with van der Waals surface area (Å²) in [6, 6.07) is 9.44. The third kappa shape index (κ3) is 4.83. The number of rotatable bonds is 8. The molecule has 0 bridgehead atoms. The molecule has 3 aromatic rings. The van der Waals surface area contributed by atoms with Crippen molar-refractivity contribution < 1.29 is 23.3 Å². The molecule has 3 heterocycles. The predicted octanol–water partition coefficient (Wildman–Crippen LogP) is 3.80. The molecule has 0 saturated carbocycles. The maximum atomic E-state index is 15.0. The monoisotopic (exact) mass is 482 g/mol. The topological polar surface area (TPSA) is 69.2 Å². The van der Waals surface area contributed by atoms with E-state index >= 15 is 0 Å². The van der Waals surface area contributed by atoms with E-state index in [1.54, 1.807) is 20.3 Å². The summed E-state index contributed by atoms with van der Waals surface area (Å²) in [4.78, 5) is 13.7. The van der Waals surface area contributed by atoms with Gasteiger partial charge in [0.2, 0.25) is 5.88 Å². The quantitative estimate of drug-likeness (QED) is 0.449. The highest BCUT2D eigenvalue weighted by molar-refractivity contribution is 5.96. The average Bonchev–Trinajstić information content (AvgIpc) is 3.29. The number of nitrogens with zero attached hydrogens (tertiary/aromatic N) is 4. The van der Waals surface area contributed by atoms with Crippen molar-refractivity contribution in [3.05, 3.63) is 47.4 Å². The molecule has 5 rings (SSSR count). The van der Waals surface area contributed by atoms with Gasteiger partial charge in [0, 0.05) is 36.7 Å². The maximum Gasteiger partial charge on any atom is 0.320 e. The fraction of sp³-hybridized carbons (Fsp3) is 0.462. The van der Waals surface area contributed by atoms with Crippen LogP contribution in [0.5, 0.6) is 17.6 Å². The van der Waals surface area contributed by atoms with E-state index in [1.165, 1.54) is 12.5 Å². The highest BCUT2D eigenvalue weighted by Gasteiger charge is 2.27. The molecule has 1 saturated heterocycles. The van der Waals surface area contributed by atoms with Gasteiger partial charge in [0.15, 0.2) is 6.79 Å². The fourth-order valence-electron chi connectivity index (χ4n) is 4.97. The van der Waals surface area contributed by atoms with E-state index in [-0.39, 0.29) is 12.6 Å². The molecule has 9 heteroatoms. The highest BCUT2D eigenvalue weighted by Crippen LogP contribution is 2.37. The smallest absolute Gasteiger partial charge is 0.320 e. The minimum Gasteiger partial charge on any atom is -0.481 e. The van der Waals surface area contributed by atoms with E-state index in [1.807, 2.05) is 18.2 Å². The van der Waals surface area contributed by atoms with E-state index in [0.717, 1.165) is 35.3 Å². The Labute approximate surface area is 204 Å². The minimum atomic E-state index is -0.272. The van der Waals surface area contributed by atoms with Gasteiger partial charge in [-0.3, -0.25) is 0 Å². The molecule has 2 aliphatic heterocycles. The van der Waals surface area contributed by atoms with Crippen molar-refractivity contribution in [2.75, 3.05) is 52.7 Å². The van der Waals surface area contributed by atoms with Gasteiger partial charge in [0.05, 0.1) is 25.0 Å². The number of hydrogen-bond donors (Lipinski definition) is 0. The molecule has 35 heavy (non-hydrogen) atoms. The lowest BCUT2D eigenvalue weighted by Crippen LogP contribution is -2.33. The summed E-state index contributed by atoms with van der Waals surface area (Å²) in [5.74, 6) is 0.889. The van der Waals surface area contributed by atoms with Crippen molar-refractivity contribution in [3.63, 3.8) is 0 Å². The number of aromatic nitrogens is 2. The number of fused-ring (bicyclic) bond motifs is 2. The molecule has 1 fully saturated rings. The first-order valence-corrected chi connectivity index (χ1v) is 11.9. The van der Waals surface area contributed by atoms with E-state index in [4.69, 9.17) is 23.9 Å². The van der Waals surface area contributed by atoms with Crippen LogP contribution < -0.4 is 19.1 Å². The Kier molecular flexibility index (Phi) is 6.88. The molecular formula is C26H31FN4O4. The summed E-state index contributed by atoms with van der Waals surface area (Å²) in [7, 11) is 5.30. The van der Waals surface area contributed by atoms with Crippen LogP contribution >= 0.6 is 0 Å². The average molecular weight is 483 g/mol. The summed E-state index contributed by atoms with van der Waals surface area (Å²) in [6.07, 6.45) is 2.95. The van der Waals surface area contributed by atoms with Crippen LogP contribution in [0.2, 0.25) is 0 Å². The number of halogens is 1. The Balaban J connectivity index is 1.46. The lowest BCUT2D eigenvalue weighted by atomic mass is 10.0. The zero-order valence-electron chi connectivity index (χ0n) is 20.4. The summed E-state index contributed by atoms with van der Waals surface area (Å²) < 4.78 is 37.3. The molecule has 0 radical (unpaired) electrons. The van der Waals surface area contributed by atoms with Crippen molar-refractivity contribution in [2.24, 2.45) is 0 Å². The molecular weight excluding hydrogens is 451 g/mol. The first kappa shape index (κ1) is 23.6. The second-order valence-corrected chi connectivity index (χ2v) is 9.03. The first-order chi connectivity index (χ1) is 17.1. The predicted molar refractivity (Wildman–Crippen MR) is 131 cm³/mol. The molecule has 0 spiro atoms. The van der Waals surface area contributed by atoms with Gasteiger partial charge in [-0.05, 0) is 50.4 Å². The van der Waals surface area contributed by atoms with Gasteiger partial charge in [-0.15, -0.1) is 0 Å². The van der Waals surface area contributed by atoms with E-state index in [2.05, 4.69) is 21.8 Å². The van der Waals surface area contributed by atoms with Gasteiger partial charge in [-0.2, -0.15) is 9.97 Å². The summed E-state index contributed by atoms with van der Waals surface area (Å²) in [6.45, 7) is 2.87. The number of anilines is 1. The number of methoxy groups -OCH3 is 2. The molecule has 1 aromatic heterocycles. The van der Waals surface area contributed by atoms with Crippen LogP contribution in [0, 0.1) is 5.82 Å². The van der Waals surface area contributed by atoms with Crippen LogP contribution in [0.15, 0.2) is 30.3 Å². The van der Waals surface area contributed by atoms with Crippen molar-refractivity contribution in [1.82, 2.24) is 14.9 Å². The molecule has 2 aromatic carbocycles. The van der Waals surface area contributed by atoms with E-state index < -0.39 is 0 Å². The Morgan fingerprint density at radius 3 is 2.77 bits per heavy atom. The zero-order chi connectivity index (χ0) is 24.4.